The van der Waals surface area contributed by atoms with Gasteiger partial charge in [-0.25, -0.2) is 9.50 Å². The van der Waals surface area contributed by atoms with Gasteiger partial charge in [0.2, 0.25) is 0 Å². The molecule has 2 fully saturated rings. The molecule has 9 heteroatoms. The predicted octanol–water partition coefficient (Wildman–Crippen LogP) is 5.04. The monoisotopic (exact) mass is 505 g/mol. The number of morpholine rings is 1. The summed E-state index contributed by atoms with van der Waals surface area (Å²) in [5, 5.41) is 13.6. The number of nitrogens with zero attached hydrogens (tertiary/aromatic N) is 6. The lowest BCUT2D eigenvalue weighted by molar-refractivity contribution is 0.0277. The van der Waals surface area contributed by atoms with Gasteiger partial charge < -0.3 is 4.74 Å². The Morgan fingerprint density at radius 1 is 1.05 bits per heavy atom. The number of pyridine rings is 1. The molecule has 2 saturated heterocycles. The molecule has 37 heavy (non-hydrogen) atoms. The highest BCUT2D eigenvalue weighted by Crippen LogP contribution is 2.40. The summed E-state index contributed by atoms with van der Waals surface area (Å²) in [6.45, 7) is 2.87. The van der Waals surface area contributed by atoms with Crippen LogP contribution < -0.4 is 0 Å². The molecule has 2 aliphatic heterocycles. The molecule has 2 bridgehead atoms. The van der Waals surface area contributed by atoms with Gasteiger partial charge in [0.1, 0.15) is 5.69 Å². The summed E-state index contributed by atoms with van der Waals surface area (Å²) in [6.07, 6.45) is 8.95. The van der Waals surface area contributed by atoms with Crippen LogP contribution in [0.5, 0.6) is 0 Å². The summed E-state index contributed by atoms with van der Waals surface area (Å²) in [7, 11) is 0. The lowest BCUT2D eigenvalue weighted by atomic mass is 9.99. The number of benzene rings is 1. The molecule has 2 aliphatic rings. The molecule has 8 rings (SSSR count). The van der Waals surface area contributed by atoms with Crippen molar-refractivity contribution in [3.63, 3.8) is 0 Å². The number of hydrogen-bond donors (Lipinski definition) is 1. The second kappa shape index (κ2) is 8.31. The maximum absolute atomic E-state index is 5.78. The van der Waals surface area contributed by atoms with E-state index in [4.69, 9.17) is 14.8 Å². The molecular weight excluding hydrogens is 482 g/mol. The fourth-order valence-corrected chi connectivity index (χ4v) is 6.80. The minimum atomic E-state index is 0.415. The van der Waals surface area contributed by atoms with Gasteiger partial charge in [-0.2, -0.15) is 10.2 Å². The zero-order chi connectivity index (χ0) is 24.3. The lowest BCUT2D eigenvalue weighted by Crippen LogP contribution is -2.36. The van der Waals surface area contributed by atoms with Crippen LogP contribution in [0.2, 0.25) is 0 Å². The van der Waals surface area contributed by atoms with Crippen molar-refractivity contribution in [2.24, 2.45) is 0 Å². The lowest BCUT2D eigenvalue weighted by Gasteiger charge is -2.25. The van der Waals surface area contributed by atoms with Crippen LogP contribution in [-0.2, 0) is 11.3 Å². The Balaban J connectivity index is 1.28. The third-order valence-electron chi connectivity index (χ3n) is 7.51. The SMILES string of the molecule is c1cc(-c2c(-c3ccncc3)nn3c(-c4ccc(CN5CC6C[C@H]5CO6)s4)ccnc23)c2cn[nH]c2c1. The van der Waals surface area contributed by atoms with Crippen LogP contribution in [-0.4, -0.2) is 60.0 Å². The normalized spacial score (nSPS) is 19.5. The van der Waals surface area contributed by atoms with Crippen molar-refractivity contribution >= 4 is 27.9 Å². The van der Waals surface area contributed by atoms with Crippen molar-refractivity contribution in [3.8, 4) is 33.0 Å². The van der Waals surface area contributed by atoms with Crippen LogP contribution >= 0.6 is 11.3 Å². The molecular formula is C28H23N7OS. The Labute approximate surface area is 216 Å². The highest BCUT2D eigenvalue weighted by molar-refractivity contribution is 7.15. The van der Waals surface area contributed by atoms with E-state index in [1.165, 1.54) is 16.2 Å². The zero-order valence-corrected chi connectivity index (χ0v) is 20.7. The minimum absolute atomic E-state index is 0.415. The summed E-state index contributed by atoms with van der Waals surface area (Å²) in [4.78, 5) is 14.2. The zero-order valence-electron chi connectivity index (χ0n) is 19.9. The van der Waals surface area contributed by atoms with Crippen LogP contribution in [0.15, 0.2) is 73.3 Å². The van der Waals surface area contributed by atoms with Crippen molar-refractivity contribution in [1.82, 2.24) is 34.7 Å². The molecule has 0 aliphatic carbocycles. The Morgan fingerprint density at radius 3 is 2.86 bits per heavy atom. The molecule has 1 aromatic carbocycles. The van der Waals surface area contributed by atoms with Gasteiger partial charge >= 0.3 is 0 Å². The van der Waals surface area contributed by atoms with Gasteiger partial charge in [-0.1, -0.05) is 12.1 Å². The van der Waals surface area contributed by atoms with E-state index in [2.05, 4.69) is 44.3 Å². The number of fused-ring (bicyclic) bond motifs is 4. The number of hydrogen-bond acceptors (Lipinski definition) is 7. The van der Waals surface area contributed by atoms with E-state index in [9.17, 15) is 0 Å². The van der Waals surface area contributed by atoms with E-state index in [0.717, 1.165) is 64.3 Å². The van der Waals surface area contributed by atoms with Crippen LogP contribution in [0.1, 0.15) is 11.3 Å². The first-order chi connectivity index (χ1) is 18.3. The van der Waals surface area contributed by atoms with Crippen molar-refractivity contribution < 1.29 is 4.74 Å². The quantitative estimate of drug-likeness (QED) is 0.354. The summed E-state index contributed by atoms with van der Waals surface area (Å²) in [6, 6.07) is 17.3. The Morgan fingerprint density at radius 2 is 2.00 bits per heavy atom. The standard InChI is InChI=1S/C28H23N7OS/c1-2-21(22-13-31-32-23(22)3-1)26-27(17-6-9-29-10-7-17)33-35-24(8-11-30-28(26)35)25-5-4-20(37-25)15-34-14-19-12-18(34)16-36-19/h1-11,13,18-19H,12,14-16H2,(H,31,32)/t18-,19?/m0/s1. The largest absolute Gasteiger partial charge is 0.375 e. The Bertz CT molecular complexity index is 1750. The summed E-state index contributed by atoms with van der Waals surface area (Å²) in [5.41, 5.74) is 6.76. The molecule has 2 atom stereocenters. The van der Waals surface area contributed by atoms with Gasteiger partial charge in [0.15, 0.2) is 5.65 Å². The van der Waals surface area contributed by atoms with E-state index in [0.29, 0.717) is 12.1 Å². The number of thiophene rings is 1. The number of aromatic nitrogens is 6. The van der Waals surface area contributed by atoms with Crippen LogP contribution in [0.4, 0.5) is 0 Å². The van der Waals surface area contributed by atoms with E-state index in [1.54, 1.807) is 12.4 Å². The number of likely N-dealkylation sites (tertiary alicyclic amines) is 1. The average molecular weight is 506 g/mol. The molecule has 182 valence electrons. The number of ether oxygens (including phenoxy) is 1. The first-order valence-electron chi connectivity index (χ1n) is 12.5. The smallest absolute Gasteiger partial charge is 0.164 e. The molecule has 0 radical (unpaired) electrons. The van der Waals surface area contributed by atoms with Crippen LogP contribution in [0.3, 0.4) is 0 Å². The number of rotatable bonds is 5. The van der Waals surface area contributed by atoms with Crippen LogP contribution in [0.25, 0.3) is 49.5 Å². The van der Waals surface area contributed by atoms with Gasteiger partial charge in [-0.15, -0.1) is 11.3 Å². The number of H-pyrrole nitrogens is 1. The molecule has 7 heterocycles. The van der Waals surface area contributed by atoms with Gasteiger partial charge in [-0.05, 0) is 48.4 Å². The van der Waals surface area contributed by atoms with Gasteiger partial charge in [-0.3, -0.25) is 15.0 Å². The second-order valence-electron chi connectivity index (χ2n) is 9.70. The highest BCUT2D eigenvalue weighted by atomic mass is 32.1. The first-order valence-corrected chi connectivity index (χ1v) is 13.3. The molecule has 0 spiro atoms. The summed E-state index contributed by atoms with van der Waals surface area (Å²) < 4.78 is 7.78. The molecule has 0 amide bonds. The third kappa shape index (κ3) is 3.42. The average Bonchev–Trinajstić information content (AvgIpc) is 3.76. The van der Waals surface area contributed by atoms with Crippen molar-refractivity contribution in [2.45, 2.75) is 25.1 Å². The minimum Gasteiger partial charge on any atom is -0.375 e. The number of nitrogens with one attached hydrogen (secondary N) is 1. The summed E-state index contributed by atoms with van der Waals surface area (Å²) in [5.74, 6) is 0. The van der Waals surface area contributed by atoms with E-state index >= 15 is 0 Å². The Kier molecular flexibility index (Phi) is 4.76. The maximum atomic E-state index is 5.78. The molecule has 8 nitrogen and oxygen atoms in total. The van der Waals surface area contributed by atoms with E-state index in [1.807, 2.05) is 52.5 Å². The molecule has 5 aromatic heterocycles. The molecule has 1 unspecified atom stereocenters. The predicted molar refractivity (Wildman–Crippen MR) is 143 cm³/mol. The number of aromatic amines is 1. The fraction of sp³-hybridized carbons (Fsp3) is 0.214. The van der Waals surface area contributed by atoms with E-state index < -0.39 is 0 Å². The topological polar surface area (TPSA) is 84.2 Å². The molecule has 6 aromatic rings. The van der Waals surface area contributed by atoms with Crippen LogP contribution in [0, 0.1) is 0 Å². The fourth-order valence-electron chi connectivity index (χ4n) is 5.75. The first kappa shape index (κ1) is 21.2. The van der Waals surface area contributed by atoms with Gasteiger partial charge in [0.05, 0.1) is 40.6 Å². The highest BCUT2D eigenvalue weighted by Gasteiger charge is 2.38. The maximum Gasteiger partial charge on any atom is 0.164 e. The summed E-state index contributed by atoms with van der Waals surface area (Å²) >= 11 is 1.83. The third-order valence-corrected chi connectivity index (χ3v) is 8.61. The van der Waals surface area contributed by atoms with Gasteiger partial charge in [0, 0.05) is 53.5 Å². The van der Waals surface area contributed by atoms with Crippen molar-refractivity contribution in [2.75, 3.05) is 13.2 Å². The van der Waals surface area contributed by atoms with Gasteiger partial charge in [0.25, 0.3) is 0 Å². The molecule has 0 saturated carbocycles. The van der Waals surface area contributed by atoms with E-state index in [-0.39, 0.29) is 0 Å². The van der Waals surface area contributed by atoms with Crippen molar-refractivity contribution in [3.05, 3.63) is 78.2 Å². The molecule has 1 N–H and O–H groups in total. The van der Waals surface area contributed by atoms with Crippen molar-refractivity contribution in [1.29, 1.82) is 0 Å². The Hall–Kier alpha value is -3.92. The second-order valence-corrected chi connectivity index (χ2v) is 10.9.